The lowest BCUT2D eigenvalue weighted by Crippen LogP contribution is -2.15. The zero-order valence-electron chi connectivity index (χ0n) is 14.2. The molecule has 0 aliphatic heterocycles. The molecule has 1 aromatic heterocycles. The summed E-state index contributed by atoms with van der Waals surface area (Å²) in [5, 5.41) is 5.50. The van der Waals surface area contributed by atoms with Gasteiger partial charge in [-0.1, -0.05) is 23.9 Å². The summed E-state index contributed by atoms with van der Waals surface area (Å²) in [6.07, 6.45) is 0. The first kappa shape index (κ1) is 18.2. The van der Waals surface area contributed by atoms with Gasteiger partial charge in [-0.25, -0.2) is 4.98 Å². The van der Waals surface area contributed by atoms with Gasteiger partial charge in [0.1, 0.15) is 5.75 Å². The average Bonchev–Trinajstić information content (AvgIpc) is 3.03. The number of nitrogens with one attached hydrogen (secondary N) is 2. The molecule has 0 atom stereocenters. The van der Waals surface area contributed by atoms with Gasteiger partial charge >= 0.3 is 0 Å². The van der Waals surface area contributed by atoms with Crippen LogP contribution in [0.25, 0.3) is 10.2 Å². The number of anilines is 2. The van der Waals surface area contributed by atoms with Crippen LogP contribution in [0.5, 0.6) is 5.75 Å². The van der Waals surface area contributed by atoms with Crippen molar-refractivity contribution in [3.05, 3.63) is 42.5 Å². The predicted molar refractivity (Wildman–Crippen MR) is 106 cm³/mol. The van der Waals surface area contributed by atoms with Gasteiger partial charge in [0, 0.05) is 12.6 Å². The van der Waals surface area contributed by atoms with Gasteiger partial charge in [0.25, 0.3) is 0 Å². The second-order valence-corrected chi connectivity index (χ2v) is 7.63. The van der Waals surface area contributed by atoms with E-state index in [0.29, 0.717) is 17.1 Å². The van der Waals surface area contributed by atoms with Crippen LogP contribution < -0.4 is 15.4 Å². The largest absolute Gasteiger partial charge is 0.495 e. The number of thioether (sulfide) groups is 1. The number of aromatic nitrogens is 1. The van der Waals surface area contributed by atoms with Crippen LogP contribution in [0.3, 0.4) is 0 Å². The molecule has 2 N–H and O–H groups in total. The number of nitrogens with zero attached hydrogens (tertiary/aromatic N) is 1. The average molecular weight is 387 g/mol. The number of fused-ring (bicyclic) bond motifs is 1. The van der Waals surface area contributed by atoms with Crippen LogP contribution in [0.4, 0.5) is 11.4 Å². The number of carbonyl (C=O) groups excluding carboxylic acids is 2. The zero-order chi connectivity index (χ0) is 18.5. The van der Waals surface area contributed by atoms with Gasteiger partial charge in [-0.15, -0.1) is 11.3 Å². The molecule has 0 saturated heterocycles. The lowest BCUT2D eigenvalue weighted by atomic mass is 10.2. The number of thiazole rings is 1. The summed E-state index contributed by atoms with van der Waals surface area (Å²) >= 11 is 2.95. The van der Waals surface area contributed by atoms with Gasteiger partial charge in [-0.3, -0.25) is 9.59 Å². The highest BCUT2D eigenvalue weighted by molar-refractivity contribution is 8.01. The molecule has 3 rings (SSSR count). The third kappa shape index (κ3) is 4.53. The number of benzene rings is 2. The zero-order valence-corrected chi connectivity index (χ0v) is 15.9. The van der Waals surface area contributed by atoms with Crippen molar-refractivity contribution in [1.29, 1.82) is 0 Å². The van der Waals surface area contributed by atoms with E-state index in [1.807, 2.05) is 24.3 Å². The molecule has 0 radical (unpaired) electrons. The van der Waals surface area contributed by atoms with Crippen LogP contribution in [0.2, 0.25) is 0 Å². The molecule has 0 unspecified atom stereocenters. The third-order valence-electron chi connectivity index (χ3n) is 3.39. The molecule has 0 fully saturated rings. The normalized spacial score (nSPS) is 10.5. The maximum atomic E-state index is 12.3. The number of carbonyl (C=O) groups is 2. The molecule has 2 aromatic carbocycles. The van der Waals surface area contributed by atoms with Crippen molar-refractivity contribution >= 4 is 56.5 Å². The molecule has 3 aromatic rings. The maximum absolute atomic E-state index is 12.3. The van der Waals surface area contributed by atoms with Gasteiger partial charge in [0.05, 0.1) is 28.8 Å². The van der Waals surface area contributed by atoms with Gasteiger partial charge in [-0.05, 0) is 30.3 Å². The summed E-state index contributed by atoms with van der Waals surface area (Å²) in [5.41, 5.74) is 2.03. The SMILES string of the molecule is COc1ccc(NC(C)=O)cc1NC(=O)CSc1nc2ccccc2s1. The van der Waals surface area contributed by atoms with E-state index < -0.39 is 0 Å². The van der Waals surface area contributed by atoms with Crippen molar-refractivity contribution < 1.29 is 14.3 Å². The quantitative estimate of drug-likeness (QED) is 0.625. The fourth-order valence-corrected chi connectivity index (χ4v) is 4.18. The standard InChI is InChI=1S/C18H17N3O3S2/c1-11(22)19-12-7-8-15(24-2)14(9-12)20-17(23)10-25-18-21-13-5-3-4-6-16(13)26-18/h3-9H,10H2,1-2H3,(H,19,22)(H,20,23). The van der Waals surface area contributed by atoms with Crippen LogP contribution in [0, 0.1) is 0 Å². The maximum Gasteiger partial charge on any atom is 0.234 e. The Hall–Kier alpha value is -2.58. The Kier molecular flexibility index (Phi) is 5.75. The topological polar surface area (TPSA) is 80.3 Å². The van der Waals surface area contributed by atoms with Gasteiger partial charge < -0.3 is 15.4 Å². The highest BCUT2D eigenvalue weighted by Gasteiger charge is 2.11. The Morgan fingerprint density at radius 1 is 1.19 bits per heavy atom. The Morgan fingerprint density at radius 2 is 2.00 bits per heavy atom. The van der Waals surface area contributed by atoms with Crippen molar-refractivity contribution in [2.24, 2.45) is 0 Å². The summed E-state index contributed by atoms with van der Waals surface area (Å²) in [4.78, 5) is 28.0. The lowest BCUT2D eigenvalue weighted by molar-refractivity contribution is -0.114. The summed E-state index contributed by atoms with van der Waals surface area (Å²) in [5.74, 6) is 0.400. The molecule has 0 spiro atoms. The summed E-state index contributed by atoms with van der Waals surface area (Å²) in [7, 11) is 1.53. The smallest absolute Gasteiger partial charge is 0.234 e. The second kappa shape index (κ2) is 8.20. The molecular formula is C18H17N3O3S2. The first-order valence-corrected chi connectivity index (χ1v) is 9.59. The van der Waals surface area contributed by atoms with Gasteiger partial charge in [-0.2, -0.15) is 0 Å². The third-order valence-corrected chi connectivity index (χ3v) is 5.57. The Bertz CT molecular complexity index is 923. The summed E-state index contributed by atoms with van der Waals surface area (Å²) in [6.45, 7) is 1.43. The van der Waals surface area contributed by atoms with Crippen molar-refractivity contribution in [1.82, 2.24) is 4.98 Å². The van der Waals surface area contributed by atoms with Crippen molar-refractivity contribution in [3.63, 3.8) is 0 Å². The van der Waals surface area contributed by atoms with E-state index in [4.69, 9.17) is 4.74 Å². The van der Waals surface area contributed by atoms with Gasteiger partial charge in [0.15, 0.2) is 4.34 Å². The molecular weight excluding hydrogens is 370 g/mol. The second-order valence-electron chi connectivity index (χ2n) is 5.38. The predicted octanol–water partition coefficient (Wildman–Crippen LogP) is 3.99. The number of para-hydroxylation sites is 1. The number of ether oxygens (including phenoxy) is 1. The Labute approximate surface area is 159 Å². The van der Waals surface area contributed by atoms with Crippen LogP contribution >= 0.6 is 23.1 Å². The highest BCUT2D eigenvalue weighted by Crippen LogP contribution is 2.31. The molecule has 6 nitrogen and oxygen atoms in total. The number of hydrogen-bond acceptors (Lipinski definition) is 6. The minimum absolute atomic E-state index is 0.174. The summed E-state index contributed by atoms with van der Waals surface area (Å²) < 4.78 is 7.21. The van der Waals surface area contributed by atoms with E-state index >= 15 is 0 Å². The summed E-state index contributed by atoms with van der Waals surface area (Å²) in [6, 6.07) is 12.9. The fourth-order valence-electron chi connectivity index (χ4n) is 2.31. The van der Waals surface area contributed by atoms with E-state index in [0.717, 1.165) is 14.6 Å². The van der Waals surface area contributed by atoms with Gasteiger partial charge in [0.2, 0.25) is 11.8 Å². The van der Waals surface area contributed by atoms with Crippen LogP contribution in [0.1, 0.15) is 6.92 Å². The highest BCUT2D eigenvalue weighted by atomic mass is 32.2. The molecule has 0 aliphatic rings. The molecule has 134 valence electrons. The minimum Gasteiger partial charge on any atom is -0.495 e. The monoisotopic (exact) mass is 387 g/mol. The van der Waals surface area contributed by atoms with Crippen molar-refractivity contribution in [2.45, 2.75) is 11.3 Å². The fraction of sp³-hybridized carbons (Fsp3) is 0.167. The van der Waals surface area contributed by atoms with E-state index in [-0.39, 0.29) is 17.6 Å². The Balaban J connectivity index is 1.66. The molecule has 0 aliphatic carbocycles. The van der Waals surface area contributed by atoms with E-state index in [1.54, 1.807) is 29.5 Å². The molecule has 2 amide bonds. The first-order chi connectivity index (χ1) is 12.5. The number of amides is 2. The van der Waals surface area contributed by atoms with Crippen LogP contribution in [0.15, 0.2) is 46.8 Å². The number of rotatable bonds is 6. The first-order valence-electron chi connectivity index (χ1n) is 7.79. The molecule has 26 heavy (non-hydrogen) atoms. The van der Waals surface area contributed by atoms with E-state index in [9.17, 15) is 9.59 Å². The molecule has 8 heteroatoms. The molecule has 1 heterocycles. The van der Waals surface area contributed by atoms with E-state index in [2.05, 4.69) is 15.6 Å². The van der Waals surface area contributed by atoms with Crippen LogP contribution in [-0.2, 0) is 9.59 Å². The van der Waals surface area contributed by atoms with Crippen LogP contribution in [-0.4, -0.2) is 29.7 Å². The molecule has 0 saturated carbocycles. The Morgan fingerprint density at radius 3 is 2.73 bits per heavy atom. The molecule has 0 bridgehead atoms. The van der Waals surface area contributed by atoms with Crippen molar-refractivity contribution in [2.75, 3.05) is 23.5 Å². The number of hydrogen-bond donors (Lipinski definition) is 2. The minimum atomic E-state index is -0.182. The van der Waals surface area contributed by atoms with Crippen molar-refractivity contribution in [3.8, 4) is 5.75 Å². The number of methoxy groups -OCH3 is 1. The van der Waals surface area contributed by atoms with E-state index in [1.165, 1.54) is 25.8 Å². The lowest BCUT2D eigenvalue weighted by Gasteiger charge is -2.12.